The van der Waals surface area contributed by atoms with Crippen molar-refractivity contribution in [2.24, 2.45) is 0 Å². The zero-order valence-corrected chi connectivity index (χ0v) is 21.9. The van der Waals surface area contributed by atoms with Crippen LogP contribution in [0.2, 0.25) is 0 Å². The molecule has 12 heteroatoms. The van der Waals surface area contributed by atoms with Gasteiger partial charge in [0.1, 0.15) is 18.4 Å². The molecule has 0 saturated carbocycles. The Morgan fingerprint density at radius 2 is 1.87 bits per heavy atom. The van der Waals surface area contributed by atoms with Crippen LogP contribution in [0.4, 0.5) is 5.69 Å². The number of aromatic nitrogens is 5. The number of nitrogens with zero attached hydrogens (tertiary/aromatic N) is 5. The van der Waals surface area contributed by atoms with Crippen LogP contribution in [-0.4, -0.2) is 41.8 Å². The van der Waals surface area contributed by atoms with E-state index in [1.807, 2.05) is 35.8 Å². The molecule has 1 unspecified atom stereocenters. The fourth-order valence-electron chi connectivity index (χ4n) is 5.01. The lowest BCUT2D eigenvalue weighted by atomic mass is 10.1. The molecule has 1 atom stereocenters. The largest absolute Gasteiger partial charge is 0.324 e. The third-order valence-corrected chi connectivity index (χ3v) is 7.73. The molecule has 1 aliphatic heterocycles. The number of imidazole rings is 1. The first-order valence-corrected chi connectivity index (χ1v) is 13.2. The maximum atomic E-state index is 13.7. The van der Waals surface area contributed by atoms with Crippen LogP contribution >= 0.6 is 11.3 Å². The van der Waals surface area contributed by atoms with Gasteiger partial charge in [0.15, 0.2) is 5.82 Å². The Morgan fingerprint density at radius 3 is 2.64 bits per heavy atom. The summed E-state index contributed by atoms with van der Waals surface area (Å²) in [5, 5.41) is 5.36. The van der Waals surface area contributed by atoms with Gasteiger partial charge >= 0.3 is 0 Å². The van der Waals surface area contributed by atoms with Crippen molar-refractivity contribution in [3.05, 3.63) is 69.8 Å². The zero-order chi connectivity index (χ0) is 27.3. The number of nitrogens with one attached hydrogen (secondary N) is 2. The second-order valence-corrected chi connectivity index (χ2v) is 10.2. The lowest BCUT2D eigenvalue weighted by Crippen LogP contribution is -2.45. The molecule has 1 aliphatic rings. The van der Waals surface area contributed by atoms with Gasteiger partial charge in [0.05, 0.1) is 43.7 Å². The molecule has 3 amide bonds. The average Bonchev–Trinajstić information content (AvgIpc) is 3.48. The highest BCUT2D eigenvalue weighted by molar-refractivity contribution is 7.13. The first kappa shape index (κ1) is 24.6. The summed E-state index contributed by atoms with van der Waals surface area (Å²) in [5.41, 5.74) is 4.34. The summed E-state index contributed by atoms with van der Waals surface area (Å²) in [5.74, 6) is -0.288. The second kappa shape index (κ2) is 9.55. The first-order chi connectivity index (χ1) is 18.8. The summed E-state index contributed by atoms with van der Waals surface area (Å²) in [6.07, 6.45) is 0.319. The van der Waals surface area contributed by atoms with Crippen molar-refractivity contribution in [1.29, 1.82) is 0 Å². The minimum atomic E-state index is -0.863. The highest BCUT2D eigenvalue weighted by atomic mass is 32.1. The number of amides is 3. The van der Waals surface area contributed by atoms with E-state index in [1.165, 1.54) is 15.9 Å². The Labute approximate surface area is 225 Å². The Kier molecular flexibility index (Phi) is 6.03. The van der Waals surface area contributed by atoms with Crippen molar-refractivity contribution in [3.8, 4) is 10.7 Å². The van der Waals surface area contributed by atoms with Crippen LogP contribution in [0.5, 0.6) is 0 Å². The monoisotopic (exact) mass is 541 g/mol. The molecule has 39 heavy (non-hydrogen) atoms. The Balaban J connectivity index is 1.38. The van der Waals surface area contributed by atoms with Gasteiger partial charge in [-0.15, -0.1) is 11.3 Å². The van der Waals surface area contributed by atoms with Crippen LogP contribution in [0.15, 0.2) is 52.8 Å². The van der Waals surface area contributed by atoms with Gasteiger partial charge in [-0.05, 0) is 44.5 Å². The minimum Gasteiger partial charge on any atom is -0.324 e. The summed E-state index contributed by atoms with van der Waals surface area (Å²) in [6, 6.07) is 11.7. The van der Waals surface area contributed by atoms with Crippen molar-refractivity contribution in [2.45, 2.75) is 39.3 Å². The molecule has 2 aromatic carbocycles. The van der Waals surface area contributed by atoms with Gasteiger partial charge in [-0.3, -0.25) is 29.1 Å². The Morgan fingerprint density at radius 1 is 1.08 bits per heavy atom. The van der Waals surface area contributed by atoms with E-state index in [2.05, 4.69) is 20.6 Å². The van der Waals surface area contributed by atoms with Crippen LogP contribution in [0.1, 0.15) is 30.4 Å². The smallest absolute Gasteiger partial charge is 0.264 e. The molecule has 2 N–H and O–H groups in total. The number of imide groups is 1. The quantitative estimate of drug-likeness (QED) is 0.326. The third kappa shape index (κ3) is 4.28. The van der Waals surface area contributed by atoms with E-state index in [1.54, 1.807) is 30.6 Å². The molecule has 4 heterocycles. The fourth-order valence-corrected chi connectivity index (χ4v) is 5.81. The number of anilines is 1. The fraction of sp³-hybridized carbons (Fsp3) is 0.222. The van der Waals surface area contributed by atoms with Crippen LogP contribution in [-0.2, 0) is 20.9 Å². The third-order valence-electron chi connectivity index (χ3n) is 6.81. The molecular formula is C27H23N7O4S. The average molecular weight is 542 g/mol. The van der Waals surface area contributed by atoms with Crippen LogP contribution in [0.25, 0.3) is 32.6 Å². The van der Waals surface area contributed by atoms with Crippen molar-refractivity contribution in [2.75, 3.05) is 5.32 Å². The summed E-state index contributed by atoms with van der Waals surface area (Å²) < 4.78 is 3.13. The van der Waals surface area contributed by atoms with E-state index >= 15 is 0 Å². The van der Waals surface area contributed by atoms with Crippen LogP contribution < -0.4 is 16.2 Å². The normalized spacial score (nSPS) is 15.6. The highest BCUT2D eigenvalue weighted by Gasteiger charge is 2.31. The number of benzene rings is 2. The van der Waals surface area contributed by atoms with Crippen molar-refractivity contribution >= 4 is 56.7 Å². The Hall–Kier alpha value is -4.71. The molecule has 3 aromatic heterocycles. The number of piperidine rings is 1. The number of thiazole rings is 1. The number of rotatable bonds is 5. The van der Waals surface area contributed by atoms with Gasteiger partial charge in [-0.1, -0.05) is 18.2 Å². The number of aryl methyl sites for hydroxylation is 2. The van der Waals surface area contributed by atoms with Gasteiger partial charge < -0.3 is 9.88 Å². The molecule has 0 aliphatic carbocycles. The second-order valence-electron chi connectivity index (χ2n) is 9.33. The van der Waals surface area contributed by atoms with E-state index in [0.29, 0.717) is 17.2 Å². The van der Waals surface area contributed by atoms with Crippen LogP contribution in [0.3, 0.4) is 0 Å². The molecule has 5 aromatic rings. The molecule has 11 nitrogen and oxygen atoms in total. The van der Waals surface area contributed by atoms with Crippen molar-refractivity contribution < 1.29 is 14.4 Å². The number of para-hydroxylation sites is 2. The summed E-state index contributed by atoms with van der Waals surface area (Å²) in [6.45, 7) is 3.49. The van der Waals surface area contributed by atoms with Gasteiger partial charge in [0.2, 0.25) is 17.7 Å². The lowest BCUT2D eigenvalue weighted by molar-refractivity contribution is -0.135. The predicted octanol–water partition coefficient (Wildman–Crippen LogP) is 3.10. The maximum Gasteiger partial charge on any atom is 0.264 e. The Bertz CT molecular complexity index is 1870. The molecule has 0 bridgehead atoms. The zero-order valence-electron chi connectivity index (χ0n) is 21.1. The standard InChI is InChI=1S/C27H23N7O4S/c1-14-24(39-13-28-14)25-31-16-6-3-4-9-19(16)33(25)12-22(36)30-18-8-5-7-17-23(18)27(38)34(15(2)29-17)20-10-11-21(35)32-26(20)37/h3-9,13,20H,10-12H2,1-2H3,(H,30,36)(H,32,35,37). The van der Waals surface area contributed by atoms with E-state index < -0.39 is 17.5 Å². The van der Waals surface area contributed by atoms with E-state index in [-0.39, 0.29) is 42.3 Å². The SMILES string of the molecule is Cc1ncsc1-c1nc2ccccc2n1CC(=O)Nc1cccc2nc(C)n(C3CCC(=O)NC3=O)c(=O)c12. The topological polar surface area (TPSA) is 141 Å². The molecule has 0 spiro atoms. The van der Waals surface area contributed by atoms with E-state index in [4.69, 9.17) is 4.98 Å². The molecule has 196 valence electrons. The van der Waals surface area contributed by atoms with Gasteiger partial charge in [0.25, 0.3) is 5.56 Å². The number of carbonyl (C=O) groups is 3. The molecule has 1 saturated heterocycles. The highest BCUT2D eigenvalue weighted by Crippen LogP contribution is 2.30. The van der Waals surface area contributed by atoms with E-state index in [9.17, 15) is 19.2 Å². The van der Waals surface area contributed by atoms with Crippen molar-refractivity contribution in [3.63, 3.8) is 0 Å². The summed E-state index contributed by atoms with van der Waals surface area (Å²) in [4.78, 5) is 65.8. The predicted molar refractivity (Wildman–Crippen MR) is 146 cm³/mol. The molecule has 1 fully saturated rings. The number of carbonyl (C=O) groups excluding carboxylic acids is 3. The molecule has 0 radical (unpaired) electrons. The van der Waals surface area contributed by atoms with Gasteiger partial charge in [-0.25, -0.2) is 15.0 Å². The summed E-state index contributed by atoms with van der Waals surface area (Å²) >= 11 is 1.45. The minimum absolute atomic E-state index is 0.0514. The first-order valence-electron chi connectivity index (χ1n) is 12.3. The van der Waals surface area contributed by atoms with Gasteiger partial charge in [-0.2, -0.15) is 0 Å². The lowest BCUT2D eigenvalue weighted by Gasteiger charge is -2.24. The molecule has 6 rings (SSSR count). The van der Waals surface area contributed by atoms with Crippen LogP contribution in [0, 0.1) is 13.8 Å². The van der Waals surface area contributed by atoms with E-state index in [0.717, 1.165) is 21.6 Å². The molecular weight excluding hydrogens is 518 g/mol. The van der Waals surface area contributed by atoms with Crippen molar-refractivity contribution in [1.82, 2.24) is 29.4 Å². The number of fused-ring (bicyclic) bond motifs is 2. The number of hydrogen-bond donors (Lipinski definition) is 2. The maximum absolute atomic E-state index is 13.7. The number of hydrogen-bond acceptors (Lipinski definition) is 8. The van der Waals surface area contributed by atoms with Gasteiger partial charge in [0, 0.05) is 6.42 Å². The summed E-state index contributed by atoms with van der Waals surface area (Å²) in [7, 11) is 0.